The highest BCUT2D eigenvalue weighted by atomic mass is 35.5. The summed E-state index contributed by atoms with van der Waals surface area (Å²) in [5.74, 6) is 0.718. The Morgan fingerprint density at radius 1 is 1.10 bits per heavy atom. The zero-order valence-electron chi connectivity index (χ0n) is 11.9. The van der Waals surface area contributed by atoms with Gasteiger partial charge in [-0.25, -0.2) is 0 Å². The molecule has 0 saturated carbocycles. The second-order valence-corrected chi connectivity index (χ2v) is 5.29. The van der Waals surface area contributed by atoms with Gasteiger partial charge in [-0.15, -0.1) is 0 Å². The minimum absolute atomic E-state index is 0.658. The monoisotopic (exact) mass is 289 g/mol. The van der Waals surface area contributed by atoms with Crippen molar-refractivity contribution in [1.29, 1.82) is 0 Å². The molecule has 2 rings (SSSR count). The van der Waals surface area contributed by atoms with Gasteiger partial charge < -0.3 is 10.1 Å². The minimum atomic E-state index is 0.658. The molecule has 0 amide bonds. The molecule has 2 nitrogen and oxygen atoms in total. The minimum Gasteiger partial charge on any atom is -0.495 e. The van der Waals surface area contributed by atoms with Crippen molar-refractivity contribution < 1.29 is 4.74 Å². The van der Waals surface area contributed by atoms with E-state index in [0.29, 0.717) is 5.02 Å². The maximum atomic E-state index is 6.10. The molecule has 2 aromatic rings. The number of rotatable bonds is 6. The third-order valence-corrected chi connectivity index (χ3v) is 3.51. The van der Waals surface area contributed by atoms with E-state index in [0.717, 1.165) is 25.3 Å². The van der Waals surface area contributed by atoms with Crippen molar-refractivity contribution in [3.05, 3.63) is 64.2 Å². The number of methoxy groups -OCH3 is 1. The van der Waals surface area contributed by atoms with Crippen LogP contribution in [0, 0.1) is 6.92 Å². The molecule has 0 unspecified atom stereocenters. The van der Waals surface area contributed by atoms with Gasteiger partial charge in [-0.1, -0.05) is 47.5 Å². The highest BCUT2D eigenvalue weighted by molar-refractivity contribution is 6.32. The Kier molecular flexibility index (Phi) is 5.45. The largest absolute Gasteiger partial charge is 0.495 e. The summed E-state index contributed by atoms with van der Waals surface area (Å²) in [5.41, 5.74) is 3.84. The lowest BCUT2D eigenvalue weighted by molar-refractivity contribution is 0.415. The van der Waals surface area contributed by atoms with Gasteiger partial charge in [0.1, 0.15) is 5.75 Å². The molecular weight excluding hydrogens is 270 g/mol. The molecule has 0 atom stereocenters. The van der Waals surface area contributed by atoms with Crippen LogP contribution in [-0.2, 0) is 13.0 Å². The first-order valence-corrected chi connectivity index (χ1v) is 7.15. The molecule has 1 N–H and O–H groups in total. The van der Waals surface area contributed by atoms with Crippen molar-refractivity contribution in [3.8, 4) is 5.75 Å². The second-order valence-electron chi connectivity index (χ2n) is 4.88. The van der Waals surface area contributed by atoms with Crippen molar-refractivity contribution in [2.24, 2.45) is 0 Å². The molecule has 0 aliphatic rings. The molecule has 20 heavy (non-hydrogen) atoms. The third kappa shape index (κ3) is 4.26. The lowest BCUT2D eigenvalue weighted by atomic mass is 10.1. The quantitative estimate of drug-likeness (QED) is 0.812. The van der Waals surface area contributed by atoms with Gasteiger partial charge in [-0.2, -0.15) is 0 Å². The van der Waals surface area contributed by atoms with E-state index < -0.39 is 0 Å². The molecule has 0 aliphatic heterocycles. The summed E-state index contributed by atoms with van der Waals surface area (Å²) in [5, 5.41) is 4.09. The van der Waals surface area contributed by atoms with Gasteiger partial charge in [0.05, 0.1) is 12.1 Å². The Bertz CT molecular complexity index is 569. The van der Waals surface area contributed by atoms with Crippen LogP contribution in [-0.4, -0.2) is 13.7 Å². The number of aryl methyl sites for hydroxylation is 1. The first-order valence-electron chi connectivity index (χ1n) is 6.77. The fourth-order valence-electron chi connectivity index (χ4n) is 2.15. The van der Waals surface area contributed by atoms with Crippen LogP contribution in [0.4, 0.5) is 0 Å². The molecule has 0 fully saturated rings. The number of ether oxygens (including phenoxy) is 1. The average Bonchev–Trinajstić information content (AvgIpc) is 2.44. The van der Waals surface area contributed by atoms with Gasteiger partial charge >= 0.3 is 0 Å². The molecule has 0 radical (unpaired) electrons. The molecule has 2 aromatic carbocycles. The first-order chi connectivity index (χ1) is 9.69. The van der Waals surface area contributed by atoms with Crippen LogP contribution in [0.25, 0.3) is 0 Å². The zero-order chi connectivity index (χ0) is 14.4. The van der Waals surface area contributed by atoms with E-state index in [1.54, 1.807) is 7.11 Å². The lowest BCUT2D eigenvalue weighted by Gasteiger charge is -2.08. The summed E-state index contributed by atoms with van der Waals surface area (Å²) in [7, 11) is 1.63. The highest BCUT2D eigenvalue weighted by Gasteiger charge is 2.01. The van der Waals surface area contributed by atoms with Gasteiger partial charge in [-0.3, -0.25) is 0 Å². The molecular formula is C17H20ClNO. The number of nitrogens with one attached hydrogen (secondary N) is 1. The molecule has 0 aromatic heterocycles. The second kappa shape index (κ2) is 7.32. The molecule has 3 heteroatoms. The van der Waals surface area contributed by atoms with Gasteiger partial charge in [0, 0.05) is 6.54 Å². The van der Waals surface area contributed by atoms with E-state index in [4.69, 9.17) is 16.3 Å². The van der Waals surface area contributed by atoms with Gasteiger partial charge in [0.15, 0.2) is 0 Å². The van der Waals surface area contributed by atoms with Crippen LogP contribution in [0.2, 0.25) is 5.02 Å². The Labute approximate surface area is 125 Å². The van der Waals surface area contributed by atoms with E-state index in [1.165, 1.54) is 16.7 Å². The van der Waals surface area contributed by atoms with E-state index in [9.17, 15) is 0 Å². The Balaban J connectivity index is 1.80. The normalized spacial score (nSPS) is 10.6. The van der Waals surface area contributed by atoms with Crippen LogP contribution >= 0.6 is 11.6 Å². The third-order valence-electron chi connectivity index (χ3n) is 3.22. The van der Waals surface area contributed by atoms with Gasteiger partial charge in [0.2, 0.25) is 0 Å². The molecule has 106 valence electrons. The summed E-state index contributed by atoms with van der Waals surface area (Å²) in [4.78, 5) is 0. The van der Waals surface area contributed by atoms with Crippen molar-refractivity contribution in [1.82, 2.24) is 5.32 Å². The van der Waals surface area contributed by atoms with Crippen molar-refractivity contribution in [2.45, 2.75) is 19.9 Å². The van der Waals surface area contributed by atoms with Crippen LogP contribution < -0.4 is 10.1 Å². The topological polar surface area (TPSA) is 21.3 Å². The number of hydrogen-bond donors (Lipinski definition) is 1. The fraction of sp³-hybridized carbons (Fsp3) is 0.294. The molecule has 0 saturated heterocycles. The summed E-state index contributed by atoms with van der Waals surface area (Å²) < 4.78 is 5.14. The van der Waals surface area contributed by atoms with Crippen LogP contribution in [0.5, 0.6) is 5.75 Å². The van der Waals surface area contributed by atoms with Gasteiger partial charge in [0.25, 0.3) is 0 Å². The van der Waals surface area contributed by atoms with Crippen molar-refractivity contribution >= 4 is 11.6 Å². The molecule has 0 bridgehead atoms. The summed E-state index contributed by atoms with van der Waals surface area (Å²) in [6.07, 6.45) is 1.03. The van der Waals surface area contributed by atoms with Crippen LogP contribution in [0.15, 0.2) is 42.5 Å². The highest BCUT2D eigenvalue weighted by Crippen LogP contribution is 2.24. The first kappa shape index (κ1) is 14.9. The lowest BCUT2D eigenvalue weighted by Crippen LogP contribution is -2.16. The predicted molar refractivity (Wildman–Crippen MR) is 84.6 cm³/mol. The summed E-state index contributed by atoms with van der Waals surface area (Å²) in [6, 6.07) is 14.5. The van der Waals surface area contributed by atoms with Gasteiger partial charge in [-0.05, 0) is 43.1 Å². The summed E-state index contributed by atoms with van der Waals surface area (Å²) in [6.45, 7) is 3.89. The van der Waals surface area contributed by atoms with Crippen molar-refractivity contribution in [2.75, 3.05) is 13.7 Å². The summed E-state index contributed by atoms with van der Waals surface area (Å²) >= 11 is 6.10. The van der Waals surface area contributed by atoms with Crippen molar-refractivity contribution in [3.63, 3.8) is 0 Å². The SMILES string of the molecule is COc1ccc(CNCCc2cccc(C)c2)cc1Cl. The smallest absolute Gasteiger partial charge is 0.137 e. The van der Waals surface area contributed by atoms with E-state index >= 15 is 0 Å². The molecule has 0 spiro atoms. The Hall–Kier alpha value is -1.51. The predicted octanol–water partition coefficient (Wildman–Crippen LogP) is 3.99. The Morgan fingerprint density at radius 3 is 2.65 bits per heavy atom. The number of hydrogen-bond acceptors (Lipinski definition) is 2. The van der Waals surface area contributed by atoms with Crippen LogP contribution in [0.1, 0.15) is 16.7 Å². The molecule has 0 heterocycles. The number of benzene rings is 2. The fourth-order valence-corrected chi connectivity index (χ4v) is 2.43. The maximum Gasteiger partial charge on any atom is 0.137 e. The van der Waals surface area contributed by atoms with E-state index in [2.05, 4.69) is 36.5 Å². The maximum absolute atomic E-state index is 6.10. The van der Waals surface area contributed by atoms with E-state index in [-0.39, 0.29) is 0 Å². The van der Waals surface area contributed by atoms with Crippen LogP contribution in [0.3, 0.4) is 0 Å². The Morgan fingerprint density at radius 2 is 1.95 bits per heavy atom. The zero-order valence-corrected chi connectivity index (χ0v) is 12.7. The molecule has 0 aliphatic carbocycles. The van der Waals surface area contributed by atoms with E-state index in [1.807, 2.05) is 18.2 Å². The average molecular weight is 290 g/mol. The standard InChI is InChI=1S/C17H20ClNO/c1-13-4-3-5-14(10-13)8-9-19-12-15-6-7-17(20-2)16(18)11-15/h3-7,10-11,19H,8-9,12H2,1-2H3. The number of halogens is 1.